The van der Waals surface area contributed by atoms with Crippen LogP contribution in [0.15, 0.2) is 71.7 Å². The summed E-state index contributed by atoms with van der Waals surface area (Å²) in [5.41, 5.74) is 0.361. The second-order valence-electron chi connectivity index (χ2n) is 7.61. The molecule has 2 aromatic heterocycles. The number of aromatic nitrogens is 3. The molecular formula is C25H18ArF3N5O2. The Bertz CT molecular complexity index is 1530. The van der Waals surface area contributed by atoms with Gasteiger partial charge in [0.2, 0.25) is 0 Å². The Morgan fingerprint density at radius 1 is 1.06 bits per heavy atom. The number of rotatable bonds is 4. The topological polar surface area (TPSA) is 92.7 Å². The fourth-order valence-electron chi connectivity index (χ4n) is 3.78. The number of carbonyl (C=O) groups is 1. The fraction of sp³-hybridized carbons (Fsp3) is 0.120. The number of nitriles is 1. The maximum absolute atomic E-state index is 13.4. The molecule has 0 spiro atoms. The number of pyridine rings is 1. The van der Waals surface area contributed by atoms with Crippen LogP contribution in [0.25, 0.3) is 22.6 Å². The van der Waals surface area contributed by atoms with Crippen molar-refractivity contribution in [1.82, 2.24) is 19.7 Å². The van der Waals surface area contributed by atoms with Gasteiger partial charge in [0, 0.05) is 61.7 Å². The molecule has 2 aromatic carbocycles. The van der Waals surface area contributed by atoms with E-state index in [1.54, 1.807) is 41.9 Å². The van der Waals surface area contributed by atoms with E-state index < -0.39 is 23.2 Å². The van der Waals surface area contributed by atoms with Crippen LogP contribution < -0.4 is 10.9 Å². The molecule has 0 aliphatic rings. The summed E-state index contributed by atoms with van der Waals surface area (Å²) >= 11 is 0. The minimum Gasteiger partial charge on any atom is -0.355 e. The van der Waals surface area contributed by atoms with Gasteiger partial charge in [-0.3, -0.25) is 14.2 Å². The Morgan fingerprint density at radius 2 is 1.75 bits per heavy atom. The van der Waals surface area contributed by atoms with Gasteiger partial charge < -0.3 is 5.32 Å². The van der Waals surface area contributed by atoms with Crippen LogP contribution >= 0.6 is 0 Å². The predicted octanol–water partition coefficient (Wildman–Crippen LogP) is 4.25. The van der Waals surface area contributed by atoms with Gasteiger partial charge >= 0.3 is 6.18 Å². The molecule has 184 valence electrons. The molecule has 2 heterocycles. The number of nitrogens with zero attached hydrogens (tertiary/aromatic N) is 4. The molecule has 0 bridgehead atoms. The molecule has 11 heteroatoms. The van der Waals surface area contributed by atoms with Crippen LogP contribution in [0.4, 0.5) is 13.2 Å². The van der Waals surface area contributed by atoms with Crippen LogP contribution in [-0.4, -0.2) is 27.3 Å². The molecule has 0 aliphatic heterocycles. The summed E-state index contributed by atoms with van der Waals surface area (Å²) in [4.78, 5) is 25.8. The van der Waals surface area contributed by atoms with Crippen molar-refractivity contribution in [1.29, 1.82) is 5.26 Å². The minimum absolute atomic E-state index is 0. The Kier molecular flexibility index (Phi) is 8.09. The smallest absolute Gasteiger partial charge is 0.355 e. The second kappa shape index (κ2) is 10.7. The van der Waals surface area contributed by atoms with Gasteiger partial charge in [0.25, 0.3) is 11.5 Å². The summed E-state index contributed by atoms with van der Waals surface area (Å²) in [6.07, 6.45) is -3.09. The third-order valence-electron chi connectivity index (χ3n) is 5.51. The largest absolute Gasteiger partial charge is 0.416 e. The van der Waals surface area contributed by atoms with Gasteiger partial charge in [-0.2, -0.15) is 23.5 Å². The minimum atomic E-state index is -4.61. The van der Waals surface area contributed by atoms with Crippen LogP contribution in [0.2, 0.25) is 0 Å². The molecule has 0 aliphatic carbocycles. The van der Waals surface area contributed by atoms with E-state index in [-0.39, 0.29) is 49.0 Å². The number of benzene rings is 2. The van der Waals surface area contributed by atoms with E-state index >= 15 is 0 Å². The van der Waals surface area contributed by atoms with E-state index in [2.05, 4.69) is 10.4 Å². The first-order chi connectivity index (χ1) is 16.7. The second-order valence-corrected chi connectivity index (χ2v) is 7.61. The SMILES string of the molecule is CNC(=O)c1cc(-c2ccnn2-c2ccc(C#N)cc2)c(C)n(-c2cccc(C(F)(F)F)c2)c1=O.[Ar]. The predicted molar refractivity (Wildman–Crippen MR) is 122 cm³/mol. The Hall–Kier alpha value is -3.39. The zero-order valence-corrected chi connectivity index (χ0v) is 19.7. The third-order valence-corrected chi connectivity index (χ3v) is 5.51. The third kappa shape index (κ3) is 5.09. The first-order valence-electron chi connectivity index (χ1n) is 10.4. The molecule has 0 atom stereocenters. The number of hydrogen-bond donors (Lipinski definition) is 1. The van der Waals surface area contributed by atoms with Gasteiger partial charge in [-0.05, 0) is 61.5 Å². The molecule has 7 nitrogen and oxygen atoms in total. The fourth-order valence-corrected chi connectivity index (χ4v) is 3.78. The van der Waals surface area contributed by atoms with Crippen molar-refractivity contribution >= 4 is 5.91 Å². The average Bonchev–Trinajstić information content (AvgIpc) is 3.33. The zero-order valence-electron chi connectivity index (χ0n) is 18.9. The summed E-state index contributed by atoms with van der Waals surface area (Å²) < 4.78 is 42.7. The van der Waals surface area contributed by atoms with Crippen molar-refractivity contribution in [3.8, 4) is 28.7 Å². The Morgan fingerprint density at radius 3 is 2.36 bits per heavy atom. The van der Waals surface area contributed by atoms with Crippen molar-refractivity contribution in [3.63, 3.8) is 0 Å². The van der Waals surface area contributed by atoms with Crippen LogP contribution in [0.5, 0.6) is 0 Å². The number of alkyl halides is 3. The van der Waals surface area contributed by atoms with Crippen LogP contribution in [-0.2, 0) is 6.18 Å². The monoisotopic (exact) mass is 517 g/mol. The molecule has 1 N–H and O–H groups in total. The zero-order chi connectivity index (χ0) is 25.3. The first kappa shape index (κ1) is 27.2. The summed E-state index contributed by atoms with van der Waals surface area (Å²) in [6, 6.07) is 16.1. The van der Waals surface area contributed by atoms with Gasteiger partial charge in [0.05, 0.1) is 34.8 Å². The normalized spacial score (nSPS) is 10.9. The van der Waals surface area contributed by atoms with Gasteiger partial charge in [0.1, 0.15) is 5.56 Å². The van der Waals surface area contributed by atoms with E-state index in [1.165, 1.54) is 31.4 Å². The summed E-state index contributed by atoms with van der Waals surface area (Å²) in [5.74, 6) is -0.679. The van der Waals surface area contributed by atoms with Crippen molar-refractivity contribution in [2.24, 2.45) is 0 Å². The van der Waals surface area contributed by atoms with E-state index in [0.717, 1.165) is 16.7 Å². The molecular weight excluding hydrogens is 499 g/mol. The molecule has 36 heavy (non-hydrogen) atoms. The quantitative estimate of drug-likeness (QED) is 0.438. The van der Waals surface area contributed by atoms with Crippen molar-refractivity contribution in [3.05, 3.63) is 99.6 Å². The standard InChI is InChI=1S/C25H18F3N5O2.Ar/c1-15-20(22-10-11-31-33(22)18-8-6-16(14-29)7-9-18)13-21(23(34)30-2)24(35)32(15)19-5-3-4-17(12-19)25(26,27)28;/h3-13H,1-2H3,(H,30,34);. The maximum Gasteiger partial charge on any atom is 0.416 e. The summed E-state index contributed by atoms with van der Waals surface area (Å²) in [7, 11) is 1.36. The van der Waals surface area contributed by atoms with Crippen molar-refractivity contribution in [2.45, 2.75) is 13.1 Å². The molecule has 0 fully saturated rings. The van der Waals surface area contributed by atoms with Gasteiger partial charge in [-0.15, -0.1) is 0 Å². The molecule has 0 radical (unpaired) electrons. The number of nitrogens with one attached hydrogen (secondary N) is 1. The van der Waals surface area contributed by atoms with Crippen LogP contribution in [0.1, 0.15) is 27.2 Å². The van der Waals surface area contributed by atoms with Gasteiger partial charge in [-0.1, -0.05) is 6.07 Å². The number of hydrogen-bond acceptors (Lipinski definition) is 4. The van der Waals surface area contributed by atoms with E-state index in [9.17, 15) is 22.8 Å². The van der Waals surface area contributed by atoms with E-state index in [0.29, 0.717) is 28.2 Å². The molecule has 4 aromatic rings. The molecule has 0 saturated heterocycles. The molecule has 0 unspecified atom stereocenters. The molecule has 0 saturated carbocycles. The maximum atomic E-state index is 13.4. The van der Waals surface area contributed by atoms with E-state index in [1.807, 2.05) is 6.07 Å². The molecule has 4 rings (SSSR count). The first-order valence-corrected chi connectivity index (χ1v) is 10.4. The summed E-state index contributed by atoms with van der Waals surface area (Å²) in [6.45, 7) is 1.58. The average molecular weight is 517 g/mol. The van der Waals surface area contributed by atoms with Crippen molar-refractivity contribution in [2.75, 3.05) is 7.05 Å². The Labute approximate surface area is 233 Å². The van der Waals surface area contributed by atoms with Gasteiger partial charge in [0.15, 0.2) is 0 Å². The van der Waals surface area contributed by atoms with E-state index in [4.69, 9.17) is 5.26 Å². The van der Waals surface area contributed by atoms with Gasteiger partial charge in [-0.25, -0.2) is 4.68 Å². The van der Waals surface area contributed by atoms with Crippen LogP contribution in [0.3, 0.4) is 0 Å². The number of carbonyl (C=O) groups excluding carboxylic acids is 1. The summed E-state index contributed by atoms with van der Waals surface area (Å²) in [5, 5.41) is 15.8. The van der Waals surface area contributed by atoms with Crippen LogP contribution in [0, 0.1) is 56.0 Å². The Balaban J connectivity index is 0.00000361. The van der Waals surface area contributed by atoms with Crippen molar-refractivity contribution < 1.29 is 55.7 Å². The number of amides is 1. The molecule has 1 amide bonds. The number of halogens is 3.